The minimum Gasteiger partial charge on any atom is -0.472 e. The van der Waals surface area contributed by atoms with Gasteiger partial charge in [-0.2, -0.15) is 4.98 Å². The molecule has 0 bridgehead atoms. The van der Waals surface area contributed by atoms with E-state index in [0.717, 1.165) is 11.1 Å². The van der Waals surface area contributed by atoms with Crippen molar-refractivity contribution in [3.05, 3.63) is 60.4 Å². The summed E-state index contributed by atoms with van der Waals surface area (Å²) < 4.78 is 10.1. The van der Waals surface area contributed by atoms with Crippen LogP contribution in [0.4, 0.5) is 0 Å². The number of carbonyl (C=O) groups excluding carboxylic acids is 1. The number of hydrogen-bond acceptors (Lipinski definition) is 6. The molecule has 1 atom stereocenters. The summed E-state index contributed by atoms with van der Waals surface area (Å²) in [6, 6.07) is 10.9. The quantitative estimate of drug-likeness (QED) is 0.684. The summed E-state index contributed by atoms with van der Waals surface area (Å²) in [5.41, 5.74) is 0.339. The molecule has 2 heterocycles. The van der Waals surface area contributed by atoms with Crippen molar-refractivity contribution < 1.29 is 18.8 Å². The van der Waals surface area contributed by atoms with Crippen molar-refractivity contribution >= 4 is 5.91 Å². The first-order chi connectivity index (χ1) is 12.0. The Morgan fingerprint density at radius 2 is 2.08 bits per heavy atom. The van der Waals surface area contributed by atoms with E-state index >= 15 is 0 Å². The van der Waals surface area contributed by atoms with Crippen molar-refractivity contribution in [1.82, 2.24) is 15.5 Å². The molecule has 0 aliphatic rings. The van der Waals surface area contributed by atoms with Crippen LogP contribution in [-0.4, -0.2) is 27.7 Å². The Morgan fingerprint density at radius 1 is 1.28 bits per heavy atom. The molecule has 0 spiro atoms. The molecule has 2 aromatic heterocycles. The van der Waals surface area contributed by atoms with E-state index in [0.29, 0.717) is 18.1 Å². The summed E-state index contributed by atoms with van der Waals surface area (Å²) in [6.07, 6.45) is 3.56. The Balaban J connectivity index is 1.48. The summed E-state index contributed by atoms with van der Waals surface area (Å²) in [7, 11) is 0. The van der Waals surface area contributed by atoms with Gasteiger partial charge in [-0.1, -0.05) is 35.5 Å². The second kappa shape index (κ2) is 7.31. The first-order valence-corrected chi connectivity index (χ1v) is 7.94. The maximum absolute atomic E-state index is 12.0. The fourth-order valence-corrected chi connectivity index (χ4v) is 2.34. The van der Waals surface area contributed by atoms with Gasteiger partial charge in [-0.25, -0.2) is 0 Å². The van der Waals surface area contributed by atoms with Crippen LogP contribution >= 0.6 is 0 Å². The number of amides is 1. The fourth-order valence-electron chi connectivity index (χ4n) is 2.34. The topological polar surface area (TPSA) is 101 Å². The van der Waals surface area contributed by atoms with Gasteiger partial charge in [0, 0.05) is 12.8 Å². The summed E-state index contributed by atoms with van der Waals surface area (Å²) in [5.74, 6) is 0.608. The van der Waals surface area contributed by atoms with E-state index in [1.54, 1.807) is 13.0 Å². The van der Waals surface area contributed by atoms with Crippen molar-refractivity contribution in [2.45, 2.75) is 25.4 Å². The summed E-state index contributed by atoms with van der Waals surface area (Å²) in [6.45, 7) is 1.79. The maximum Gasteiger partial charge on any atom is 0.227 e. The largest absolute Gasteiger partial charge is 0.472 e. The Morgan fingerprint density at radius 3 is 2.80 bits per heavy atom. The van der Waals surface area contributed by atoms with E-state index < -0.39 is 5.60 Å². The zero-order valence-corrected chi connectivity index (χ0v) is 13.8. The number of carbonyl (C=O) groups is 1. The van der Waals surface area contributed by atoms with Crippen LogP contribution in [-0.2, 0) is 16.8 Å². The number of aryl methyl sites for hydroxylation is 1. The molecule has 130 valence electrons. The summed E-state index contributed by atoms with van der Waals surface area (Å²) >= 11 is 0. The van der Waals surface area contributed by atoms with Gasteiger partial charge in [0.15, 0.2) is 0 Å². The van der Waals surface area contributed by atoms with Gasteiger partial charge in [-0.3, -0.25) is 4.79 Å². The average Bonchev–Trinajstić information content (AvgIpc) is 3.30. The number of hydrogen-bond donors (Lipinski definition) is 2. The molecule has 1 unspecified atom stereocenters. The van der Waals surface area contributed by atoms with E-state index in [-0.39, 0.29) is 18.9 Å². The molecule has 7 heteroatoms. The van der Waals surface area contributed by atoms with Gasteiger partial charge in [-0.15, -0.1) is 0 Å². The highest BCUT2D eigenvalue weighted by atomic mass is 16.5. The number of rotatable bonds is 7. The number of aliphatic hydroxyl groups is 1. The van der Waals surface area contributed by atoms with Crippen molar-refractivity contribution in [1.29, 1.82) is 0 Å². The van der Waals surface area contributed by atoms with Crippen LogP contribution in [0.25, 0.3) is 11.4 Å². The first kappa shape index (κ1) is 16.9. The van der Waals surface area contributed by atoms with Crippen molar-refractivity contribution in [3.63, 3.8) is 0 Å². The van der Waals surface area contributed by atoms with Gasteiger partial charge in [0.2, 0.25) is 17.6 Å². The van der Waals surface area contributed by atoms with E-state index in [1.807, 2.05) is 30.3 Å². The lowest BCUT2D eigenvalue weighted by molar-refractivity contribution is -0.122. The maximum atomic E-state index is 12.0. The normalized spacial score (nSPS) is 13.4. The molecule has 7 nitrogen and oxygen atoms in total. The van der Waals surface area contributed by atoms with E-state index in [9.17, 15) is 9.90 Å². The molecule has 1 aromatic carbocycles. The van der Waals surface area contributed by atoms with Crippen molar-refractivity contribution in [2.24, 2.45) is 0 Å². The highest BCUT2D eigenvalue weighted by Gasteiger charge is 2.23. The monoisotopic (exact) mass is 341 g/mol. The third-order valence-electron chi connectivity index (χ3n) is 3.84. The minimum absolute atomic E-state index is 0.125. The fraction of sp³-hybridized carbons (Fsp3) is 0.278. The van der Waals surface area contributed by atoms with Crippen LogP contribution in [0.3, 0.4) is 0 Å². The molecular weight excluding hydrogens is 322 g/mol. The Kier molecular flexibility index (Phi) is 4.95. The molecule has 2 N–H and O–H groups in total. The zero-order chi connectivity index (χ0) is 17.7. The molecular formula is C18H19N3O4. The Hall–Kier alpha value is -2.93. The number of nitrogens with one attached hydrogen (secondary N) is 1. The molecule has 0 saturated carbocycles. The molecule has 0 saturated heterocycles. The number of benzene rings is 1. The van der Waals surface area contributed by atoms with Crippen molar-refractivity contribution in [3.8, 4) is 11.4 Å². The lowest BCUT2D eigenvalue weighted by atomic mass is 9.96. The average molecular weight is 341 g/mol. The van der Waals surface area contributed by atoms with Crippen LogP contribution in [0, 0.1) is 0 Å². The minimum atomic E-state index is -1.13. The molecule has 0 fully saturated rings. The zero-order valence-electron chi connectivity index (χ0n) is 13.8. The van der Waals surface area contributed by atoms with Crippen molar-refractivity contribution in [2.75, 3.05) is 6.54 Å². The highest BCUT2D eigenvalue weighted by Crippen LogP contribution is 2.19. The number of furan rings is 1. The van der Waals surface area contributed by atoms with E-state index in [1.165, 1.54) is 12.5 Å². The number of aromatic nitrogens is 2. The second-order valence-electron chi connectivity index (χ2n) is 5.94. The molecule has 3 aromatic rings. The lowest BCUT2D eigenvalue weighted by Crippen LogP contribution is -2.38. The highest BCUT2D eigenvalue weighted by molar-refractivity contribution is 5.76. The van der Waals surface area contributed by atoms with Gasteiger partial charge in [-0.05, 0) is 18.6 Å². The summed E-state index contributed by atoms with van der Waals surface area (Å²) in [4.78, 5) is 16.2. The smallest absolute Gasteiger partial charge is 0.227 e. The molecule has 3 rings (SSSR count). The third kappa shape index (κ3) is 4.33. The van der Waals surface area contributed by atoms with Crippen LogP contribution in [0.1, 0.15) is 24.8 Å². The van der Waals surface area contributed by atoms with Crippen LogP contribution in [0.15, 0.2) is 57.9 Å². The third-order valence-corrected chi connectivity index (χ3v) is 3.84. The van der Waals surface area contributed by atoms with E-state index in [2.05, 4.69) is 15.5 Å². The van der Waals surface area contributed by atoms with Gasteiger partial charge >= 0.3 is 0 Å². The second-order valence-corrected chi connectivity index (χ2v) is 5.94. The van der Waals surface area contributed by atoms with Gasteiger partial charge in [0.25, 0.3) is 0 Å². The Labute approximate surface area is 144 Å². The first-order valence-electron chi connectivity index (χ1n) is 7.94. The molecule has 25 heavy (non-hydrogen) atoms. The van der Waals surface area contributed by atoms with Gasteiger partial charge in [0.1, 0.15) is 11.9 Å². The number of nitrogens with zero attached hydrogens (tertiary/aromatic N) is 2. The van der Waals surface area contributed by atoms with Crippen LogP contribution in [0.5, 0.6) is 0 Å². The van der Waals surface area contributed by atoms with E-state index in [4.69, 9.17) is 8.94 Å². The van der Waals surface area contributed by atoms with Crippen LogP contribution < -0.4 is 5.32 Å². The molecule has 0 aliphatic heterocycles. The predicted octanol–water partition coefficient (Wildman–Crippen LogP) is 2.29. The lowest BCUT2D eigenvalue weighted by Gasteiger charge is -2.24. The van der Waals surface area contributed by atoms with Crippen LogP contribution in [0.2, 0.25) is 0 Å². The summed E-state index contributed by atoms with van der Waals surface area (Å²) in [5, 5.41) is 17.0. The molecule has 0 radical (unpaired) electrons. The van der Waals surface area contributed by atoms with Gasteiger partial charge in [0.05, 0.1) is 18.4 Å². The SMILES string of the molecule is CC(O)(CNC(=O)CCc1nc(-c2ccoc2)no1)c1ccccc1. The Bertz CT molecular complexity index is 810. The molecule has 1 amide bonds. The molecule has 0 aliphatic carbocycles. The van der Waals surface area contributed by atoms with Gasteiger partial charge < -0.3 is 19.4 Å². The predicted molar refractivity (Wildman–Crippen MR) is 89.3 cm³/mol. The standard InChI is InChI=1S/C18H19N3O4/c1-18(23,14-5-3-2-4-6-14)12-19-15(22)7-8-16-20-17(21-25-16)13-9-10-24-11-13/h2-6,9-11,23H,7-8,12H2,1H3,(H,19,22).